The van der Waals surface area contributed by atoms with E-state index in [-0.39, 0.29) is 0 Å². The summed E-state index contributed by atoms with van der Waals surface area (Å²) in [5.74, 6) is 0. The van der Waals surface area contributed by atoms with Gasteiger partial charge in [0.25, 0.3) is 0 Å². The Balaban J connectivity index is 2.57. The van der Waals surface area contributed by atoms with Gasteiger partial charge in [0, 0.05) is 26.0 Å². The second-order valence-electron chi connectivity index (χ2n) is 3.54. The van der Waals surface area contributed by atoms with Crippen molar-refractivity contribution in [3.05, 3.63) is 57.0 Å². The number of rotatable bonds is 2. The molecule has 4 heteroatoms. The van der Waals surface area contributed by atoms with Gasteiger partial charge in [0.2, 0.25) is 0 Å². The van der Waals surface area contributed by atoms with Gasteiger partial charge in [-0.15, -0.1) is 0 Å². The quantitative estimate of drug-likeness (QED) is 0.565. The number of alkyl halides is 1. The predicted octanol–water partition coefficient (Wildman–Crippen LogP) is 6.21. The zero-order valence-corrected chi connectivity index (χ0v) is 12.5. The lowest BCUT2D eigenvalue weighted by molar-refractivity contribution is 1.43. The molecular formula is C13H8BrCl3. The standard InChI is InChI=1S/C13H8BrCl3/c14-7-9-5-4-8(6-12(9)17)13-10(15)2-1-3-11(13)16/h1-6H,7H2. The molecule has 0 spiro atoms. The Morgan fingerprint density at radius 3 is 2.06 bits per heavy atom. The fourth-order valence-electron chi connectivity index (χ4n) is 1.58. The maximum Gasteiger partial charge on any atom is 0.0499 e. The summed E-state index contributed by atoms with van der Waals surface area (Å²) < 4.78 is 0. The Labute approximate surface area is 124 Å². The third-order valence-electron chi connectivity index (χ3n) is 2.45. The van der Waals surface area contributed by atoms with E-state index in [0.29, 0.717) is 15.1 Å². The van der Waals surface area contributed by atoms with E-state index < -0.39 is 0 Å². The van der Waals surface area contributed by atoms with Crippen molar-refractivity contribution in [3.8, 4) is 11.1 Å². The van der Waals surface area contributed by atoms with Gasteiger partial charge in [-0.25, -0.2) is 0 Å². The van der Waals surface area contributed by atoms with Crippen molar-refractivity contribution >= 4 is 50.7 Å². The van der Waals surface area contributed by atoms with Gasteiger partial charge in [0.1, 0.15) is 0 Å². The van der Waals surface area contributed by atoms with E-state index >= 15 is 0 Å². The van der Waals surface area contributed by atoms with Crippen LogP contribution in [-0.4, -0.2) is 0 Å². The average molecular weight is 350 g/mol. The van der Waals surface area contributed by atoms with Crippen LogP contribution in [0, 0.1) is 0 Å². The third-order valence-corrected chi connectivity index (χ3v) is 4.03. The van der Waals surface area contributed by atoms with Gasteiger partial charge in [-0.3, -0.25) is 0 Å². The first-order chi connectivity index (χ1) is 8.13. The van der Waals surface area contributed by atoms with Gasteiger partial charge >= 0.3 is 0 Å². The van der Waals surface area contributed by atoms with Gasteiger partial charge in [-0.05, 0) is 29.3 Å². The Bertz CT molecular complexity index is 532. The number of benzene rings is 2. The SMILES string of the molecule is Clc1cc(-c2c(Cl)cccc2Cl)ccc1CBr. The van der Waals surface area contributed by atoms with E-state index in [4.69, 9.17) is 34.8 Å². The van der Waals surface area contributed by atoms with Crippen LogP contribution in [0.3, 0.4) is 0 Å². The lowest BCUT2D eigenvalue weighted by Gasteiger charge is -2.09. The van der Waals surface area contributed by atoms with Crippen LogP contribution >= 0.6 is 50.7 Å². The average Bonchev–Trinajstić information content (AvgIpc) is 2.29. The molecule has 0 bridgehead atoms. The van der Waals surface area contributed by atoms with Crippen molar-refractivity contribution in [2.24, 2.45) is 0 Å². The molecule has 0 saturated heterocycles. The lowest BCUT2D eigenvalue weighted by Crippen LogP contribution is -1.85. The number of hydrogen-bond acceptors (Lipinski definition) is 0. The predicted molar refractivity (Wildman–Crippen MR) is 79.5 cm³/mol. The fraction of sp³-hybridized carbons (Fsp3) is 0.0769. The monoisotopic (exact) mass is 348 g/mol. The summed E-state index contributed by atoms with van der Waals surface area (Å²) >= 11 is 21.9. The van der Waals surface area contributed by atoms with Crippen molar-refractivity contribution in [1.82, 2.24) is 0 Å². The van der Waals surface area contributed by atoms with Crippen LogP contribution in [0.15, 0.2) is 36.4 Å². The van der Waals surface area contributed by atoms with Gasteiger partial charge in [0.05, 0.1) is 0 Å². The summed E-state index contributed by atoms with van der Waals surface area (Å²) in [6, 6.07) is 11.3. The molecule has 0 unspecified atom stereocenters. The number of hydrogen-bond donors (Lipinski definition) is 0. The first-order valence-electron chi connectivity index (χ1n) is 4.92. The molecule has 17 heavy (non-hydrogen) atoms. The van der Waals surface area contributed by atoms with Crippen LogP contribution in [0.1, 0.15) is 5.56 Å². The van der Waals surface area contributed by atoms with Gasteiger partial charge in [-0.2, -0.15) is 0 Å². The summed E-state index contributed by atoms with van der Waals surface area (Å²) in [5.41, 5.74) is 2.78. The molecule has 0 aliphatic carbocycles. The van der Waals surface area contributed by atoms with E-state index in [0.717, 1.165) is 22.0 Å². The molecule has 0 radical (unpaired) electrons. The zero-order chi connectivity index (χ0) is 12.4. The van der Waals surface area contributed by atoms with Crippen LogP contribution in [0.5, 0.6) is 0 Å². The summed E-state index contributed by atoms with van der Waals surface area (Å²) in [5, 5.41) is 2.68. The Morgan fingerprint density at radius 1 is 0.882 bits per heavy atom. The topological polar surface area (TPSA) is 0 Å². The third kappa shape index (κ3) is 2.79. The summed E-state index contributed by atoms with van der Waals surface area (Å²) in [6.07, 6.45) is 0. The molecule has 2 aromatic rings. The Hall–Kier alpha value is -0.210. The minimum absolute atomic E-state index is 0.625. The largest absolute Gasteiger partial charge is 0.0876 e. The highest BCUT2D eigenvalue weighted by Gasteiger charge is 2.09. The van der Waals surface area contributed by atoms with Crippen LogP contribution in [0.2, 0.25) is 15.1 Å². The van der Waals surface area contributed by atoms with Gasteiger partial charge in [0.15, 0.2) is 0 Å². The van der Waals surface area contributed by atoms with E-state index in [1.165, 1.54) is 0 Å². The molecule has 0 nitrogen and oxygen atoms in total. The van der Waals surface area contributed by atoms with E-state index in [9.17, 15) is 0 Å². The molecule has 0 N–H and O–H groups in total. The van der Waals surface area contributed by atoms with Gasteiger partial charge in [-0.1, -0.05) is 68.9 Å². The Kier molecular flexibility index (Phi) is 4.37. The molecule has 0 aliphatic rings. The minimum Gasteiger partial charge on any atom is -0.0876 e. The fourth-order valence-corrected chi connectivity index (χ4v) is 3.10. The molecule has 0 aromatic heterocycles. The molecular weight excluding hydrogens is 342 g/mol. The summed E-state index contributed by atoms with van der Waals surface area (Å²) in [6.45, 7) is 0. The van der Waals surface area contributed by atoms with E-state index in [2.05, 4.69) is 15.9 Å². The molecule has 0 aliphatic heterocycles. The van der Waals surface area contributed by atoms with Crippen LogP contribution in [0.4, 0.5) is 0 Å². The highest BCUT2D eigenvalue weighted by Crippen LogP contribution is 2.36. The zero-order valence-electron chi connectivity index (χ0n) is 8.68. The second-order valence-corrected chi connectivity index (χ2v) is 5.32. The van der Waals surface area contributed by atoms with E-state index in [1.807, 2.05) is 36.4 Å². The number of halogens is 4. The highest BCUT2D eigenvalue weighted by atomic mass is 79.9. The maximum absolute atomic E-state index is 6.17. The van der Waals surface area contributed by atoms with Crippen molar-refractivity contribution in [2.45, 2.75) is 5.33 Å². The molecule has 2 rings (SSSR count). The second kappa shape index (κ2) is 5.62. The first-order valence-corrected chi connectivity index (χ1v) is 7.18. The summed E-state index contributed by atoms with van der Waals surface area (Å²) in [4.78, 5) is 0. The van der Waals surface area contributed by atoms with Crippen LogP contribution < -0.4 is 0 Å². The first kappa shape index (κ1) is 13.2. The molecule has 0 amide bonds. The van der Waals surface area contributed by atoms with Crippen LogP contribution in [-0.2, 0) is 5.33 Å². The molecule has 0 heterocycles. The van der Waals surface area contributed by atoms with E-state index in [1.54, 1.807) is 0 Å². The van der Waals surface area contributed by atoms with Crippen molar-refractivity contribution in [2.75, 3.05) is 0 Å². The molecule has 2 aromatic carbocycles. The Morgan fingerprint density at radius 2 is 1.53 bits per heavy atom. The maximum atomic E-state index is 6.17. The van der Waals surface area contributed by atoms with Crippen molar-refractivity contribution in [1.29, 1.82) is 0 Å². The molecule has 0 saturated carbocycles. The van der Waals surface area contributed by atoms with Crippen LogP contribution in [0.25, 0.3) is 11.1 Å². The van der Waals surface area contributed by atoms with Crippen molar-refractivity contribution < 1.29 is 0 Å². The minimum atomic E-state index is 0.625. The van der Waals surface area contributed by atoms with Gasteiger partial charge < -0.3 is 0 Å². The smallest absolute Gasteiger partial charge is 0.0499 e. The molecule has 88 valence electrons. The molecule has 0 fully saturated rings. The summed E-state index contributed by atoms with van der Waals surface area (Å²) in [7, 11) is 0. The normalized spacial score (nSPS) is 10.6. The lowest BCUT2D eigenvalue weighted by atomic mass is 10.0. The highest BCUT2D eigenvalue weighted by molar-refractivity contribution is 9.08. The van der Waals surface area contributed by atoms with Crippen molar-refractivity contribution in [3.63, 3.8) is 0 Å². The molecule has 0 atom stereocenters.